The Labute approximate surface area is 180 Å². The molecular weight excluding hydrogens is 421 g/mol. The van der Waals surface area contributed by atoms with E-state index in [1.54, 1.807) is 23.1 Å². The smallest absolute Gasteiger partial charge is 0.243 e. The number of hydrogen-bond acceptors (Lipinski definition) is 4. The first-order valence-electron chi connectivity index (χ1n) is 10.3. The molecule has 0 aliphatic carbocycles. The van der Waals surface area contributed by atoms with Crippen molar-refractivity contribution < 1.29 is 22.4 Å². The van der Waals surface area contributed by atoms with E-state index in [4.69, 9.17) is 0 Å². The van der Waals surface area contributed by atoms with Gasteiger partial charge in [0.1, 0.15) is 11.9 Å². The predicted octanol–water partition coefficient (Wildman–Crippen LogP) is 3.05. The number of sulfonamides is 1. The molecule has 2 heterocycles. The molecule has 7 nitrogen and oxygen atoms in total. The number of carbonyl (C=O) groups excluding carboxylic acids is 2. The van der Waals surface area contributed by atoms with Crippen LogP contribution in [0.5, 0.6) is 0 Å². The predicted molar refractivity (Wildman–Crippen MR) is 115 cm³/mol. The van der Waals surface area contributed by atoms with Crippen molar-refractivity contribution in [2.45, 2.75) is 43.5 Å². The lowest BCUT2D eigenvalue weighted by molar-refractivity contribution is -0.119. The molecule has 4 rings (SSSR count). The molecule has 2 aromatic carbocycles. The number of halogens is 1. The van der Waals surface area contributed by atoms with Gasteiger partial charge in [-0.25, -0.2) is 12.8 Å². The summed E-state index contributed by atoms with van der Waals surface area (Å²) in [6.45, 7) is 2.79. The molecule has 31 heavy (non-hydrogen) atoms. The highest BCUT2D eigenvalue weighted by atomic mass is 32.2. The molecule has 1 atom stereocenters. The quantitative estimate of drug-likeness (QED) is 0.766. The number of benzene rings is 2. The van der Waals surface area contributed by atoms with E-state index in [0.717, 1.165) is 29.8 Å². The third-order valence-corrected chi connectivity index (χ3v) is 7.68. The Morgan fingerprint density at radius 2 is 1.84 bits per heavy atom. The molecule has 2 fully saturated rings. The van der Waals surface area contributed by atoms with E-state index in [0.29, 0.717) is 31.5 Å². The number of carbonyl (C=O) groups is 2. The van der Waals surface area contributed by atoms with Crippen molar-refractivity contribution in [3.05, 3.63) is 53.8 Å². The second-order valence-electron chi connectivity index (χ2n) is 7.87. The second-order valence-corrected chi connectivity index (χ2v) is 9.76. The Morgan fingerprint density at radius 1 is 1.10 bits per heavy atom. The molecule has 9 heteroatoms. The summed E-state index contributed by atoms with van der Waals surface area (Å²) in [4.78, 5) is 26.6. The van der Waals surface area contributed by atoms with Crippen LogP contribution in [-0.2, 0) is 19.6 Å². The fraction of sp³-hybridized carbons (Fsp3) is 0.364. The summed E-state index contributed by atoms with van der Waals surface area (Å²) in [7, 11) is -3.91. The zero-order chi connectivity index (χ0) is 22.2. The fourth-order valence-electron chi connectivity index (χ4n) is 4.20. The highest BCUT2D eigenvalue weighted by Crippen LogP contribution is 2.30. The van der Waals surface area contributed by atoms with Crippen molar-refractivity contribution in [1.29, 1.82) is 0 Å². The van der Waals surface area contributed by atoms with Gasteiger partial charge in [-0.3, -0.25) is 9.59 Å². The fourth-order valence-corrected chi connectivity index (χ4v) is 5.85. The van der Waals surface area contributed by atoms with Gasteiger partial charge in [-0.2, -0.15) is 4.31 Å². The van der Waals surface area contributed by atoms with E-state index >= 15 is 0 Å². The zero-order valence-electron chi connectivity index (χ0n) is 17.2. The van der Waals surface area contributed by atoms with Crippen molar-refractivity contribution in [2.75, 3.05) is 23.3 Å². The molecule has 2 amide bonds. The van der Waals surface area contributed by atoms with Crippen molar-refractivity contribution in [3.63, 3.8) is 0 Å². The van der Waals surface area contributed by atoms with E-state index in [9.17, 15) is 22.4 Å². The molecule has 0 unspecified atom stereocenters. The van der Waals surface area contributed by atoms with Crippen LogP contribution < -0.4 is 10.2 Å². The standard InChI is InChI=1S/C22H24FN3O4S/c1-15-14-17(8-11-19(15)25-12-3-5-21(25)27)24-22(28)20-4-2-13-26(20)31(29,30)18-9-6-16(23)7-10-18/h6-11,14,20H,2-5,12-13H2,1H3,(H,24,28)/t20-/m0/s1. The number of anilines is 2. The van der Waals surface area contributed by atoms with Crippen LogP contribution in [0.25, 0.3) is 0 Å². The lowest BCUT2D eigenvalue weighted by atomic mass is 10.1. The Bertz CT molecular complexity index is 1120. The van der Waals surface area contributed by atoms with Crippen molar-refractivity contribution >= 4 is 33.2 Å². The van der Waals surface area contributed by atoms with Gasteiger partial charge in [-0.1, -0.05) is 0 Å². The van der Waals surface area contributed by atoms with Crippen LogP contribution in [0.3, 0.4) is 0 Å². The minimum absolute atomic E-state index is 0.0379. The number of nitrogens with zero attached hydrogens (tertiary/aromatic N) is 2. The van der Waals surface area contributed by atoms with Crippen molar-refractivity contribution in [2.24, 2.45) is 0 Å². The van der Waals surface area contributed by atoms with Gasteiger partial charge in [0.15, 0.2) is 0 Å². The highest BCUT2D eigenvalue weighted by Gasteiger charge is 2.39. The van der Waals surface area contributed by atoms with Gasteiger partial charge in [0.05, 0.1) is 4.90 Å². The molecule has 0 radical (unpaired) electrons. The molecule has 0 saturated carbocycles. The molecule has 0 aromatic heterocycles. The van der Waals surface area contributed by atoms with Gasteiger partial charge in [0.25, 0.3) is 0 Å². The van der Waals surface area contributed by atoms with Crippen LogP contribution in [0, 0.1) is 12.7 Å². The molecule has 2 aromatic rings. The van der Waals surface area contributed by atoms with Gasteiger partial charge < -0.3 is 10.2 Å². The number of amides is 2. The topological polar surface area (TPSA) is 86.8 Å². The molecule has 2 aliphatic heterocycles. The van der Waals surface area contributed by atoms with E-state index in [-0.39, 0.29) is 17.3 Å². The maximum absolute atomic E-state index is 13.2. The third kappa shape index (κ3) is 4.20. The normalized spacial score (nSPS) is 19.7. The van der Waals surface area contributed by atoms with Crippen LogP contribution in [0.1, 0.15) is 31.2 Å². The molecule has 164 valence electrons. The molecule has 2 aliphatic rings. The van der Waals surface area contributed by atoms with Crippen LogP contribution in [0.15, 0.2) is 47.4 Å². The maximum atomic E-state index is 13.2. The van der Waals surface area contributed by atoms with E-state index in [1.807, 2.05) is 6.92 Å². The summed E-state index contributed by atoms with van der Waals surface area (Å²) in [5.74, 6) is -0.843. The summed E-state index contributed by atoms with van der Waals surface area (Å²) in [6.07, 6.45) is 2.34. The van der Waals surface area contributed by atoms with Gasteiger partial charge in [0, 0.05) is 30.9 Å². The highest BCUT2D eigenvalue weighted by molar-refractivity contribution is 7.89. The Morgan fingerprint density at radius 3 is 2.48 bits per heavy atom. The first-order valence-corrected chi connectivity index (χ1v) is 11.7. The van der Waals surface area contributed by atoms with Crippen molar-refractivity contribution in [3.8, 4) is 0 Å². The van der Waals surface area contributed by atoms with Crippen LogP contribution in [0.4, 0.5) is 15.8 Å². The third-order valence-electron chi connectivity index (χ3n) is 5.76. The van der Waals surface area contributed by atoms with Gasteiger partial charge in [-0.15, -0.1) is 0 Å². The SMILES string of the molecule is Cc1cc(NC(=O)[C@@H]2CCCN2S(=O)(=O)c2ccc(F)cc2)ccc1N1CCCC1=O. The minimum Gasteiger partial charge on any atom is -0.325 e. The number of rotatable bonds is 5. The largest absolute Gasteiger partial charge is 0.325 e. The number of nitrogens with one attached hydrogen (secondary N) is 1. The summed E-state index contributed by atoms with van der Waals surface area (Å²) in [5.41, 5.74) is 2.22. The van der Waals surface area contributed by atoms with Gasteiger partial charge in [-0.05, 0) is 74.2 Å². The summed E-state index contributed by atoms with van der Waals surface area (Å²) < 4.78 is 40.3. The molecule has 0 spiro atoms. The van der Waals surface area contributed by atoms with Gasteiger partial charge >= 0.3 is 0 Å². The Balaban J connectivity index is 1.51. The summed E-state index contributed by atoms with van der Waals surface area (Å²) >= 11 is 0. The second kappa shape index (κ2) is 8.39. The number of aryl methyl sites for hydroxylation is 1. The average molecular weight is 446 g/mol. The molecule has 0 bridgehead atoms. The van der Waals surface area contributed by atoms with Crippen LogP contribution >= 0.6 is 0 Å². The van der Waals surface area contributed by atoms with Crippen LogP contribution in [0.2, 0.25) is 0 Å². The number of hydrogen-bond donors (Lipinski definition) is 1. The van der Waals surface area contributed by atoms with E-state index < -0.39 is 27.8 Å². The summed E-state index contributed by atoms with van der Waals surface area (Å²) in [5, 5.41) is 2.81. The van der Waals surface area contributed by atoms with Gasteiger partial charge in [0.2, 0.25) is 21.8 Å². The monoisotopic (exact) mass is 445 g/mol. The zero-order valence-corrected chi connectivity index (χ0v) is 18.0. The molecular formula is C22H24FN3O4S. The first kappa shape index (κ1) is 21.5. The summed E-state index contributed by atoms with van der Waals surface area (Å²) in [6, 6.07) is 9.07. The molecule has 2 saturated heterocycles. The van der Waals surface area contributed by atoms with Crippen molar-refractivity contribution in [1.82, 2.24) is 4.31 Å². The first-order chi connectivity index (χ1) is 14.8. The van der Waals surface area contributed by atoms with E-state index in [1.165, 1.54) is 16.4 Å². The Kier molecular flexibility index (Phi) is 5.81. The Hall–Kier alpha value is -2.78. The molecule has 1 N–H and O–H groups in total. The maximum Gasteiger partial charge on any atom is 0.243 e. The lowest BCUT2D eigenvalue weighted by Crippen LogP contribution is -2.43. The van der Waals surface area contributed by atoms with E-state index in [2.05, 4.69) is 5.32 Å². The lowest BCUT2D eigenvalue weighted by Gasteiger charge is -2.24. The average Bonchev–Trinajstić information content (AvgIpc) is 3.38. The van der Waals surface area contributed by atoms with Crippen LogP contribution in [-0.4, -0.2) is 43.7 Å². The minimum atomic E-state index is -3.91.